The molecule has 0 radical (unpaired) electrons. The predicted octanol–water partition coefficient (Wildman–Crippen LogP) is 9.32. The molecule has 6 unspecified atom stereocenters. The van der Waals surface area contributed by atoms with Crippen molar-refractivity contribution in [3.63, 3.8) is 0 Å². The average molecular weight is 833 g/mol. The highest BCUT2D eigenvalue weighted by atomic mass is 16.5. The van der Waals surface area contributed by atoms with Gasteiger partial charge in [-0.2, -0.15) is 0 Å². The number of aromatic hydroxyl groups is 2. The van der Waals surface area contributed by atoms with E-state index in [-0.39, 0.29) is 58.8 Å². The monoisotopic (exact) mass is 832 g/mol. The summed E-state index contributed by atoms with van der Waals surface area (Å²) in [6, 6.07) is 22.7. The molecular weight excluding hydrogens is 777 g/mol. The summed E-state index contributed by atoms with van der Waals surface area (Å²) >= 11 is 0. The minimum atomic E-state index is -0.576. The van der Waals surface area contributed by atoms with Gasteiger partial charge in [0, 0.05) is 47.1 Å². The largest absolute Gasteiger partial charge is 0.508 e. The number of phenolic OH excluding ortho intramolecular Hbond substituents is 2. The van der Waals surface area contributed by atoms with Gasteiger partial charge in [0.1, 0.15) is 30.0 Å². The van der Waals surface area contributed by atoms with Crippen LogP contribution in [0.3, 0.4) is 0 Å². The Balaban J connectivity index is 1.23. The first-order valence-electron chi connectivity index (χ1n) is 22.4. The van der Waals surface area contributed by atoms with E-state index < -0.39 is 6.10 Å². The van der Waals surface area contributed by atoms with Crippen molar-refractivity contribution in [2.45, 2.75) is 107 Å². The van der Waals surface area contributed by atoms with E-state index in [4.69, 9.17) is 24.7 Å². The van der Waals surface area contributed by atoms with Gasteiger partial charge in [0.25, 0.3) is 0 Å². The molecule has 3 aliphatic carbocycles. The van der Waals surface area contributed by atoms with Crippen LogP contribution in [-0.2, 0) is 33.2 Å². The molecule has 1 spiro atoms. The predicted molar refractivity (Wildman–Crippen MR) is 238 cm³/mol. The number of nitrogens with two attached hydrogens (primary N) is 1. The van der Waals surface area contributed by atoms with Crippen LogP contribution in [0.1, 0.15) is 110 Å². The van der Waals surface area contributed by atoms with Crippen LogP contribution < -0.4 is 25.3 Å². The molecule has 10 rings (SSSR count). The van der Waals surface area contributed by atoms with Crippen LogP contribution in [0.15, 0.2) is 90.2 Å². The molecule has 3 aliphatic heterocycles. The van der Waals surface area contributed by atoms with Crippen LogP contribution in [-0.4, -0.2) is 43.2 Å². The fraction of sp³-hybridized carbons (Fsp3) is 0.415. The highest BCUT2D eigenvalue weighted by Gasteiger charge is 2.53. The number of benzene rings is 4. The molecule has 320 valence electrons. The number of ether oxygens (including phenoxy) is 4. The number of hydrogen-bond acceptors (Lipinski definition) is 9. The summed E-state index contributed by atoms with van der Waals surface area (Å²) < 4.78 is 25.0. The minimum Gasteiger partial charge on any atom is -0.508 e. The van der Waals surface area contributed by atoms with Crippen LogP contribution in [0, 0.1) is 23.7 Å². The number of esters is 1. The Morgan fingerprint density at radius 3 is 2.52 bits per heavy atom. The molecule has 0 saturated heterocycles. The quantitative estimate of drug-likeness (QED) is 0.106. The molecule has 3 heterocycles. The molecule has 9 nitrogen and oxygen atoms in total. The second kappa shape index (κ2) is 15.8. The molecule has 2 saturated carbocycles. The molecule has 62 heavy (non-hydrogen) atoms. The van der Waals surface area contributed by atoms with E-state index in [1.165, 1.54) is 37.3 Å². The first-order chi connectivity index (χ1) is 30.1. The molecular formula is C53H56N2O7. The van der Waals surface area contributed by atoms with Gasteiger partial charge < -0.3 is 40.2 Å². The zero-order chi connectivity index (χ0) is 42.8. The van der Waals surface area contributed by atoms with Crippen LogP contribution in [0.25, 0.3) is 11.1 Å². The molecule has 5 N–H and O–H groups in total. The van der Waals surface area contributed by atoms with Gasteiger partial charge in [-0.3, -0.25) is 4.79 Å². The lowest BCUT2D eigenvalue weighted by molar-refractivity contribution is -0.141. The molecule has 9 heteroatoms. The second-order valence-corrected chi connectivity index (χ2v) is 18.6. The molecule has 0 aromatic heterocycles. The number of carbonyl (C=O) groups is 1. The number of allylic oxidation sites excluding steroid dienone is 3. The number of phenols is 2. The average Bonchev–Trinajstić information content (AvgIpc) is 3.86. The van der Waals surface area contributed by atoms with Crippen LogP contribution in [0.2, 0.25) is 0 Å². The summed E-state index contributed by atoms with van der Waals surface area (Å²) in [4.78, 5) is 12.5. The van der Waals surface area contributed by atoms with Gasteiger partial charge in [0.15, 0.2) is 11.5 Å². The van der Waals surface area contributed by atoms with E-state index in [0.29, 0.717) is 24.3 Å². The molecule has 2 fully saturated rings. The lowest BCUT2D eigenvalue weighted by Gasteiger charge is -2.44. The SMILES string of the molecule is COc1cc2c(cc1O)CC#CC1=C(C=CC(N)N1)C(CC1(c3ccccc3)CCCCC1)C1CCC3(Cc4cc(O)cc(OC)c4-c4ccc5c(c43)OC2C5COC(C)=O)C1. The van der Waals surface area contributed by atoms with Gasteiger partial charge in [0.2, 0.25) is 0 Å². The number of hydrogen-bond donors (Lipinski definition) is 4. The van der Waals surface area contributed by atoms with Crippen molar-refractivity contribution in [2.75, 3.05) is 20.8 Å². The van der Waals surface area contributed by atoms with Crippen molar-refractivity contribution in [2.24, 2.45) is 17.6 Å². The summed E-state index contributed by atoms with van der Waals surface area (Å²) in [5, 5.41) is 25.9. The summed E-state index contributed by atoms with van der Waals surface area (Å²) in [7, 11) is 3.20. The van der Waals surface area contributed by atoms with E-state index in [0.717, 1.165) is 88.9 Å². The Morgan fingerprint density at radius 1 is 0.935 bits per heavy atom. The Bertz CT molecular complexity index is 2560. The number of carbonyl (C=O) groups excluding carboxylic acids is 1. The van der Waals surface area contributed by atoms with Crippen molar-refractivity contribution >= 4 is 5.97 Å². The Hall–Kier alpha value is -5.85. The van der Waals surface area contributed by atoms with Gasteiger partial charge >= 0.3 is 5.97 Å². The maximum atomic E-state index is 12.5. The summed E-state index contributed by atoms with van der Waals surface area (Å²) in [5.41, 5.74) is 16.6. The second-order valence-electron chi connectivity index (χ2n) is 18.6. The van der Waals surface area contributed by atoms with Gasteiger partial charge in [-0.05, 0) is 120 Å². The molecule has 4 aromatic rings. The fourth-order valence-corrected chi connectivity index (χ4v) is 12.4. The highest BCUT2D eigenvalue weighted by molar-refractivity contribution is 5.84. The van der Waals surface area contributed by atoms with E-state index in [1.54, 1.807) is 26.4 Å². The molecule has 6 atom stereocenters. The zero-order valence-corrected chi connectivity index (χ0v) is 35.9. The fourth-order valence-electron chi connectivity index (χ4n) is 12.4. The summed E-state index contributed by atoms with van der Waals surface area (Å²) in [6.45, 7) is 1.54. The van der Waals surface area contributed by atoms with Gasteiger partial charge in [0.05, 0.1) is 32.0 Å². The third kappa shape index (κ3) is 6.79. The van der Waals surface area contributed by atoms with E-state index in [2.05, 4.69) is 71.8 Å². The van der Waals surface area contributed by atoms with Crippen molar-refractivity contribution in [1.29, 1.82) is 0 Å². The summed E-state index contributed by atoms with van der Waals surface area (Å²) in [6.07, 6.45) is 14.1. The van der Waals surface area contributed by atoms with Crippen LogP contribution in [0.4, 0.5) is 0 Å². The minimum absolute atomic E-state index is 0.00898. The van der Waals surface area contributed by atoms with Gasteiger partial charge in [-0.1, -0.05) is 73.7 Å². The molecule has 0 amide bonds. The third-order valence-corrected chi connectivity index (χ3v) is 15.1. The first kappa shape index (κ1) is 40.2. The Kier molecular flexibility index (Phi) is 10.3. The maximum Gasteiger partial charge on any atom is 0.302 e. The molecule has 4 aromatic carbocycles. The van der Waals surface area contributed by atoms with E-state index in [1.807, 2.05) is 12.1 Å². The Labute approximate surface area is 364 Å². The normalized spacial score (nSPS) is 26.2. The van der Waals surface area contributed by atoms with E-state index in [9.17, 15) is 15.0 Å². The zero-order valence-electron chi connectivity index (χ0n) is 35.9. The van der Waals surface area contributed by atoms with Gasteiger partial charge in [-0.25, -0.2) is 0 Å². The van der Waals surface area contributed by atoms with Gasteiger partial charge in [-0.15, -0.1) is 0 Å². The topological polar surface area (TPSA) is 133 Å². The van der Waals surface area contributed by atoms with Crippen molar-refractivity contribution < 1.29 is 34.0 Å². The van der Waals surface area contributed by atoms with Crippen molar-refractivity contribution in [1.82, 2.24) is 5.32 Å². The number of nitrogens with one attached hydrogen (secondary N) is 1. The highest BCUT2D eigenvalue weighted by Crippen LogP contribution is 2.64. The number of fused-ring (bicyclic) bond motifs is 6. The lowest BCUT2D eigenvalue weighted by atomic mass is 9.61. The van der Waals surface area contributed by atoms with Crippen LogP contribution >= 0.6 is 0 Å². The standard InChI is InChI=1S/C53H56N2O7/c1-31(56)61-30-42-38-15-16-39-48-34(23-36(57)25-46(48)60-3)28-53-22-19-33(27-53)41(29-52(20-8-5-9-21-52)35-12-6-4-7-13-35)37-17-18-47(54)55-43(37)14-10-11-32-24-44(58)45(59-2)26-40(32)50(42)62-51(38)49(39)53/h4,6-7,12-13,15-18,23-26,33,41-42,47,50,55,57-58H,5,8-9,11,19-22,27-30,54H2,1-3H3. The van der Waals surface area contributed by atoms with Crippen molar-refractivity contribution in [3.8, 4) is 51.7 Å². The smallest absolute Gasteiger partial charge is 0.302 e. The molecule has 6 aliphatic rings. The number of rotatable bonds is 7. The summed E-state index contributed by atoms with van der Waals surface area (Å²) in [5.74, 6) is 8.78. The number of methoxy groups -OCH3 is 2. The lowest BCUT2D eigenvalue weighted by Crippen LogP contribution is -2.40. The van der Waals surface area contributed by atoms with Crippen LogP contribution in [0.5, 0.6) is 28.7 Å². The first-order valence-corrected chi connectivity index (χ1v) is 22.4. The van der Waals surface area contributed by atoms with E-state index >= 15 is 0 Å². The molecule has 4 bridgehead atoms. The number of dihydropyridines is 1. The third-order valence-electron chi connectivity index (χ3n) is 15.1. The maximum absolute atomic E-state index is 12.5. The van der Waals surface area contributed by atoms with Crippen molar-refractivity contribution in [3.05, 3.63) is 124 Å². The Morgan fingerprint density at radius 2 is 1.74 bits per heavy atom.